The maximum Gasteiger partial charge on any atom is 0.211 e. The highest BCUT2D eigenvalue weighted by Crippen LogP contribution is 1.92. The molecule has 0 atom stereocenters. The first-order valence-electron chi connectivity index (χ1n) is 6.89. The van der Waals surface area contributed by atoms with Gasteiger partial charge in [-0.3, -0.25) is 9.98 Å². The van der Waals surface area contributed by atoms with Crippen molar-refractivity contribution in [2.75, 3.05) is 32.4 Å². The highest BCUT2D eigenvalue weighted by Gasteiger charge is 2.04. The molecule has 7 nitrogen and oxygen atoms in total. The Bertz CT molecular complexity index is 537. The van der Waals surface area contributed by atoms with E-state index < -0.39 is 10.0 Å². The second-order valence-corrected chi connectivity index (χ2v) is 6.39. The quantitative estimate of drug-likeness (QED) is 0.234. The van der Waals surface area contributed by atoms with Crippen molar-refractivity contribution in [1.29, 1.82) is 0 Å². The van der Waals surface area contributed by atoms with Gasteiger partial charge in [0.05, 0.1) is 5.75 Å². The molecular formula is C13H24IN5O2S. The van der Waals surface area contributed by atoms with Crippen molar-refractivity contribution in [3.05, 3.63) is 30.1 Å². The minimum absolute atomic E-state index is 0. The second kappa shape index (κ2) is 11.6. The van der Waals surface area contributed by atoms with Gasteiger partial charge in [-0.2, -0.15) is 0 Å². The Kier molecular flexibility index (Phi) is 11.1. The van der Waals surface area contributed by atoms with Gasteiger partial charge in [-0.25, -0.2) is 13.1 Å². The predicted octanol–water partition coefficient (Wildman–Crippen LogP) is 0.346. The molecule has 1 rings (SSSR count). The lowest BCUT2D eigenvalue weighted by Crippen LogP contribution is -2.42. The third kappa shape index (κ3) is 9.15. The molecule has 9 heteroatoms. The molecule has 0 amide bonds. The van der Waals surface area contributed by atoms with Gasteiger partial charge in [-0.1, -0.05) is 6.07 Å². The molecule has 0 aromatic carbocycles. The first-order chi connectivity index (χ1) is 10.1. The number of halogens is 1. The molecule has 0 aliphatic carbocycles. The normalized spacial score (nSPS) is 11.6. The van der Waals surface area contributed by atoms with Crippen LogP contribution in [0, 0.1) is 0 Å². The van der Waals surface area contributed by atoms with E-state index in [0.29, 0.717) is 25.6 Å². The number of nitrogens with zero attached hydrogens (tertiary/aromatic N) is 2. The molecule has 1 aromatic rings. The van der Waals surface area contributed by atoms with Gasteiger partial charge in [0.25, 0.3) is 0 Å². The molecule has 0 spiro atoms. The topological polar surface area (TPSA) is 95.5 Å². The summed E-state index contributed by atoms with van der Waals surface area (Å²) in [6, 6.07) is 5.81. The highest BCUT2D eigenvalue weighted by atomic mass is 127. The predicted molar refractivity (Wildman–Crippen MR) is 100 cm³/mol. The van der Waals surface area contributed by atoms with Crippen molar-refractivity contribution in [3.63, 3.8) is 0 Å². The van der Waals surface area contributed by atoms with E-state index >= 15 is 0 Å². The Morgan fingerprint density at radius 3 is 2.55 bits per heavy atom. The van der Waals surface area contributed by atoms with Gasteiger partial charge in [0.2, 0.25) is 10.0 Å². The zero-order chi connectivity index (χ0) is 15.6. The summed E-state index contributed by atoms with van der Waals surface area (Å²) >= 11 is 0. The van der Waals surface area contributed by atoms with Crippen LogP contribution >= 0.6 is 24.0 Å². The van der Waals surface area contributed by atoms with Gasteiger partial charge in [-0.05, 0) is 19.1 Å². The van der Waals surface area contributed by atoms with Gasteiger partial charge in [0.1, 0.15) is 0 Å². The van der Waals surface area contributed by atoms with E-state index in [4.69, 9.17) is 0 Å². The Morgan fingerprint density at radius 2 is 1.95 bits per heavy atom. The zero-order valence-corrected chi connectivity index (χ0v) is 16.0. The molecule has 0 saturated carbocycles. The van der Waals surface area contributed by atoms with E-state index in [9.17, 15) is 8.42 Å². The molecule has 0 aliphatic heterocycles. The first kappa shape index (κ1) is 21.1. The smallest absolute Gasteiger partial charge is 0.211 e. The van der Waals surface area contributed by atoms with E-state index in [1.54, 1.807) is 20.2 Å². The third-order valence-electron chi connectivity index (χ3n) is 2.74. The fourth-order valence-corrected chi connectivity index (χ4v) is 2.18. The van der Waals surface area contributed by atoms with Crippen molar-refractivity contribution in [3.8, 4) is 0 Å². The number of nitrogens with one attached hydrogen (secondary N) is 3. The number of hydrogen-bond acceptors (Lipinski definition) is 4. The van der Waals surface area contributed by atoms with E-state index in [1.165, 1.54) is 0 Å². The molecule has 126 valence electrons. The van der Waals surface area contributed by atoms with Crippen LogP contribution in [0.5, 0.6) is 0 Å². The van der Waals surface area contributed by atoms with Crippen LogP contribution in [0.2, 0.25) is 0 Å². The van der Waals surface area contributed by atoms with E-state index in [2.05, 4.69) is 25.3 Å². The molecule has 0 unspecified atom stereocenters. The number of aliphatic imine (C=N–C) groups is 1. The summed E-state index contributed by atoms with van der Waals surface area (Å²) in [4.78, 5) is 8.31. The van der Waals surface area contributed by atoms with Crippen LogP contribution in [0.25, 0.3) is 0 Å². The summed E-state index contributed by atoms with van der Waals surface area (Å²) in [7, 11) is -1.46. The van der Waals surface area contributed by atoms with E-state index in [1.807, 2.05) is 18.2 Å². The fourth-order valence-electron chi connectivity index (χ4n) is 1.57. The number of sulfonamides is 1. The standard InChI is InChI=1S/C13H23N5O2S.HI/c1-3-21(19,20)18-11-10-17-13(14-2)16-9-7-12-6-4-5-8-15-12;/h4-6,8,18H,3,7,9-11H2,1-2H3,(H2,14,16,17);1H. The van der Waals surface area contributed by atoms with Crippen LogP contribution in [0.3, 0.4) is 0 Å². The monoisotopic (exact) mass is 441 g/mol. The van der Waals surface area contributed by atoms with E-state index in [-0.39, 0.29) is 29.7 Å². The maximum atomic E-state index is 11.3. The largest absolute Gasteiger partial charge is 0.356 e. The van der Waals surface area contributed by atoms with Gasteiger partial charge < -0.3 is 10.6 Å². The first-order valence-corrected chi connectivity index (χ1v) is 8.54. The van der Waals surface area contributed by atoms with Gasteiger partial charge in [0, 0.05) is 45.0 Å². The summed E-state index contributed by atoms with van der Waals surface area (Å²) in [6.07, 6.45) is 2.56. The Morgan fingerprint density at radius 1 is 1.23 bits per heavy atom. The van der Waals surface area contributed by atoms with E-state index in [0.717, 1.165) is 12.1 Å². The van der Waals surface area contributed by atoms with Crippen LogP contribution in [0.4, 0.5) is 0 Å². The van der Waals surface area contributed by atoms with Gasteiger partial charge >= 0.3 is 0 Å². The summed E-state index contributed by atoms with van der Waals surface area (Å²) in [5.74, 6) is 0.728. The fraction of sp³-hybridized carbons (Fsp3) is 0.538. The summed E-state index contributed by atoms with van der Waals surface area (Å²) < 4.78 is 25.0. The number of guanidine groups is 1. The van der Waals surface area contributed by atoms with Gasteiger partial charge in [-0.15, -0.1) is 24.0 Å². The zero-order valence-electron chi connectivity index (χ0n) is 12.9. The van der Waals surface area contributed by atoms with Crippen molar-refractivity contribution >= 4 is 40.0 Å². The number of pyridine rings is 1. The molecule has 1 heterocycles. The lowest BCUT2D eigenvalue weighted by Gasteiger charge is -2.12. The Hall–Kier alpha value is -0.940. The number of rotatable bonds is 8. The average Bonchev–Trinajstić information content (AvgIpc) is 2.50. The van der Waals surface area contributed by atoms with Crippen LogP contribution in [-0.2, 0) is 16.4 Å². The number of hydrogen-bond donors (Lipinski definition) is 3. The summed E-state index contributed by atoms with van der Waals surface area (Å²) in [5.41, 5.74) is 1.01. The Balaban J connectivity index is 0.00000441. The van der Waals surface area contributed by atoms with Gasteiger partial charge in [0.15, 0.2) is 5.96 Å². The molecule has 0 fully saturated rings. The molecule has 0 bridgehead atoms. The highest BCUT2D eigenvalue weighted by molar-refractivity contribution is 14.0. The van der Waals surface area contributed by atoms with Crippen LogP contribution < -0.4 is 15.4 Å². The lowest BCUT2D eigenvalue weighted by molar-refractivity contribution is 0.582. The number of aromatic nitrogens is 1. The molecular weight excluding hydrogens is 417 g/mol. The minimum Gasteiger partial charge on any atom is -0.356 e. The van der Waals surface area contributed by atoms with Crippen LogP contribution in [0.1, 0.15) is 12.6 Å². The van der Waals surface area contributed by atoms with Crippen LogP contribution in [-0.4, -0.2) is 51.8 Å². The Labute approximate surface area is 149 Å². The third-order valence-corrected chi connectivity index (χ3v) is 4.15. The van der Waals surface area contributed by atoms with Crippen molar-refractivity contribution < 1.29 is 8.42 Å². The summed E-state index contributed by atoms with van der Waals surface area (Å²) in [6.45, 7) is 3.12. The molecule has 0 saturated heterocycles. The molecule has 22 heavy (non-hydrogen) atoms. The van der Waals surface area contributed by atoms with Crippen molar-refractivity contribution in [2.24, 2.45) is 4.99 Å². The molecule has 1 aromatic heterocycles. The molecule has 3 N–H and O–H groups in total. The van der Waals surface area contributed by atoms with Crippen LogP contribution in [0.15, 0.2) is 29.4 Å². The minimum atomic E-state index is -3.14. The second-order valence-electron chi connectivity index (χ2n) is 4.29. The molecule has 0 radical (unpaired) electrons. The average molecular weight is 441 g/mol. The molecule has 0 aliphatic rings. The SMILES string of the molecule is CCS(=O)(=O)NCCNC(=NC)NCCc1ccccn1.I. The lowest BCUT2D eigenvalue weighted by atomic mass is 10.3. The van der Waals surface area contributed by atoms with Crippen molar-refractivity contribution in [2.45, 2.75) is 13.3 Å². The summed E-state index contributed by atoms with van der Waals surface area (Å²) in [5, 5.41) is 6.20. The maximum absolute atomic E-state index is 11.3. The van der Waals surface area contributed by atoms with Crippen molar-refractivity contribution in [1.82, 2.24) is 20.3 Å².